The number of anilines is 1. The Morgan fingerprint density at radius 1 is 1.08 bits per heavy atom. The molecule has 1 heterocycles. The minimum absolute atomic E-state index is 0.175. The summed E-state index contributed by atoms with van der Waals surface area (Å²) in [5.74, 6) is 0.618. The first-order chi connectivity index (χ1) is 12.7. The van der Waals surface area contributed by atoms with Crippen molar-refractivity contribution >= 4 is 23.2 Å². The van der Waals surface area contributed by atoms with Crippen molar-refractivity contribution in [1.82, 2.24) is 4.98 Å². The Morgan fingerprint density at radius 2 is 1.81 bits per heavy atom. The second kappa shape index (κ2) is 8.50. The van der Waals surface area contributed by atoms with Gasteiger partial charge in [0.25, 0.3) is 5.91 Å². The summed E-state index contributed by atoms with van der Waals surface area (Å²) in [4.78, 5) is 16.7. The lowest BCUT2D eigenvalue weighted by molar-refractivity contribution is 0.102. The van der Waals surface area contributed by atoms with Crippen LogP contribution in [0.25, 0.3) is 11.3 Å². The highest BCUT2D eigenvalue weighted by atomic mass is 35.5. The van der Waals surface area contributed by atoms with Crippen LogP contribution in [0.3, 0.4) is 0 Å². The van der Waals surface area contributed by atoms with E-state index in [1.54, 1.807) is 30.5 Å². The molecule has 1 aromatic heterocycles. The smallest absolute Gasteiger partial charge is 0.255 e. The molecular weight excluding hydrogens is 348 g/mol. The quantitative estimate of drug-likeness (QED) is 0.631. The van der Waals surface area contributed by atoms with Crippen LogP contribution in [0.1, 0.15) is 23.7 Å². The first-order valence-electron chi connectivity index (χ1n) is 8.42. The van der Waals surface area contributed by atoms with Crippen molar-refractivity contribution in [2.24, 2.45) is 0 Å². The van der Waals surface area contributed by atoms with Crippen molar-refractivity contribution in [3.05, 3.63) is 77.4 Å². The molecule has 0 atom stereocenters. The van der Waals surface area contributed by atoms with Gasteiger partial charge < -0.3 is 10.1 Å². The summed E-state index contributed by atoms with van der Waals surface area (Å²) in [5.41, 5.74) is 2.84. The Hall–Kier alpha value is -2.85. The van der Waals surface area contributed by atoms with Gasteiger partial charge in [-0.05, 0) is 55.0 Å². The van der Waals surface area contributed by atoms with Crippen LogP contribution in [-0.2, 0) is 0 Å². The van der Waals surface area contributed by atoms with Gasteiger partial charge in [0, 0.05) is 23.0 Å². The number of halogens is 1. The number of carbonyl (C=O) groups is 1. The zero-order valence-electron chi connectivity index (χ0n) is 14.4. The van der Waals surface area contributed by atoms with Gasteiger partial charge in [0.1, 0.15) is 5.75 Å². The van der Waals surface area contributed by atoms with E-state index in [-0.39, 0.29) is 5.91 Å². The van der Waals surface area contributed by atoms with Crippen LogP contribution in [0, 0.1) is 0 Å². The van der Waals surface area contributed by atoms with Crippen molar-refractivity contribution < 1.29 is 9.53 Å². The molecule has 4 nitrogen and oxygen atoms in total. The van der Waals surface area contributed by atoms with E-state index in [1.807, 2.05) is 36.4 Å². The molecule has 0 saturated heterocycles. The summed E-state index contributed by atoms with van der Waals surface area (Å²) in [6.07, 6.45) is 2.65. The third-order valence-electron chi connectivity index (χ3n) is 3.76. The molecule has 0 aliphatic carbocycles. The average molecular weight is 367 g/mol. The number of nitrogens with one attached hydrogen (secondary N) is 1. The van der Waals surface area contributed by atoms with E-state index in [1.165, 1.54) is 0 Å². The fourth-order valence-electron chi connectivity index (χ4n) is 2.44. The fourth-order valence-corrected chi connectivity index (χ4v) is 2.67. The maximum absolute atomic E-state index is 12.4. The molecule has 1 amide bonds. The first kappa shape index (κ1) is 18.0. The molecule has 0 radical (unpaired) electrons. The predicted molar refractivity (Wildman–Crippen MR) is 105 cm³/mol. The fraction of sp³-hybridized carbons (Fsp3) is 0.143. The third-order valence-corrected chi connectivity index (χ3v) is 4.07. The van der Waals surface area contributed by atoms with Crippen LogP contribution in [0.4, 0.5) is 5.69 Å². The van der Waals surface area contributed by atoms with Crippen molar-refractivity contribution in [2.45, 2.75) is 13.3 Å². The Labute approximate surface area is 157 Å². The molecule has 0 spiro atoms. The zero-order chi connectivity index (χ0) is 18.4. The Morgan fingerprint density at radius 3 is 2.46 bits per heavy atom. The van der Waals surface area contributed by atoms with Crippen LogP contribution in [0.15, 0.2) is 66.9 Å². The molecule has 132 valence electrons. The molecule has 3 aromatic rings. The van der Waals surface area contributed by atoms with Gasteiger partial charge in [-0.15, -0.1) is 0 Å². The maximum atomic E-state index is 12.4. The van der Waals surface area contributed by atoms with Gasteiger partial charge in [0.15, 0.2) is 0 Å². The van der Waals surface area contributed by atoms with Crippen LogP contribution < -0.4 is 10.1 Å². The van der Waals surface area contributed by atoms with Crippen LogP contribution in [-0.4, -0.2) is 17.5 Å². The zero-order valence-corrected chi connectivity index (χ0v) is 15.2. The summed E-state index contributed by atoms with van der Waals surface area (Å²) in [7, 11) is 0. The lowest BCUT2D eigenvalue weighted by Gasteiger charge is -2.08. The molecular formula is C21H19ClN2O2. The molecule has 0 aliphatic heterocycles. The molecule has 5 heteroatoms. The lowest BCUT2D eigenvalue weighted by atomic mass is 10.1. The minimum atomic E-state index is -0.175. The normalized spacial score (nSPS) is 10.4. The SMILES string of the molecule is CCCOc1ccc(NC(=O)c2ccc(-c3ncccc3Cl)cc2)cc1. The van der Waals surface area contributed by atoms with E-state index in [9.17, 15) is 4.79 Å². The first-order valence-corrected chi connectivity index (χ1v) is 8.80. The average Bonchev–Trinajstić information content (AvgIpc) is 2.68. The molecule has 2 aromatic carbocycles. The second-order valence-electron chi connectivity index (χ2n) is 5.74. The summed E-state index contributed by atoms with van der Waals surface area (Å²) < 4.78 is 5.54. The van der Waals surface area contributed by atoms with Gasteiger partial charge in [-0.25, -0.2) is 0 Å². The molecule has 0 fully saturated rings. The van der Waals surface area contributed by atoms with Gasteiger partial charge >= 0.3 is 0 Å². The van der Waals surface area contributed by atoms with Gasteiger partial charge in [0.05, 0.1) is 17.3 Å². The standard InChI is InChI=1S/C21H19ClN2O2/c1-2-14-26-18-11-9-17(10-12-18)24-21(25)16-7-5-15(6-8-16)20-19(22)4-3-13-23-20/h3-13H,2,14H2,1H3,(H,24,25). The summed E-state index contributed by atoms with van der Waals surface area (Å²) >= 11 is 6.16. The summed E-state index contributed by atoms with van der Waals surface area (Å²) in [6, 6.07) is 18.1. The topological polar surface area (TPSA) is 51.2 Å². The van der Waals surface area contributed by atoms with Crippen molar-refractivity contribution in [3.8, 4) is 17.0 Å². The molecule has 1 N–H and O–H groups in total. The molecule has 0 unspecified atom stereocenters. The minimum Gasteiger partial charge on any atom is -0.494 e. The number of benzene rings is 2. The Balaban J connectivity index is 1.67. The highest BCUT2D eigenvalue weighted by Crippen LogP contribution is 2.25. The number of ether oxygens (including phenoxy) is 1. The van der Waals surface area contributed by atoms with E-state index in [2.05, 4.69) is 17.2 Å². The van der Waals surface area contributed by atoms with Crippen molar-refractivity contribution in [1.29, 1.82) is 0 Å². The van der Waals surface area contributed by atoms with Crippen molar-refractivity contribution in [2.75, 3.05) is 11.9 Å². The Bertz CT molecular complexity index is 877. The van der Waals surface area contributed by atoms with Gasteiger partial charge in [-0.2, -0.15) is 0 Å². The monoisotopic (exact) mass is 366 g/mol. The molecule has 3 rings (SSSR count). The molecule has 0 bridgehead atoms. The third kappa shape index (κ3) is 4.41. The number of amides is 1. The van der Waals surface area contributed by atoms with E-state index >= 15 is 0 Å². The number of rotatable bonds is 6. The largest absolute Gasteiger partial charge is 0.494 e. The van der Waals surface area contributed by atoms with E-state index in [4.69, 9.17) is 16.3 Å². The maximum Gasteiger partial charge on any atom is 0.255 e. The van der Waals surface area contributed by atoms with Crippen LogP contribution in [0.5, 0.6) is 5.75 Å². The predicted octanol–water partition coefficient (Wildman–Crippen LogP) is 5.44. The highest BCUT2D eigenvalue weighted by molar-refractivity contribution is 6.33. The summed E-state index contributed by atoms with van der Waals surface area (Å²) in [5, 5.41) is 3.45. The number of carbonyl (C=O) groups excluding carboxylic acids is 1. The van der Waals surface area contributed by atoms with E-state index in [0.717, 1.165) is 23.4 Å². The number of aromatic nitrogens is 1. The Kier molecular flexibility index (Phi) is 5.87. The highest BCUT2D eigenvalue weighted by Gasteiger charge is 2.09. The number of nitrogens with zero attached hydrogens (tertiary/aromatic N) is 1. The van der Waals surface area contributed by atoms with Crippen LogP contribution >= 0.6 is 11.6 Å². The van der Waals surface area contributed by atoms with Crippen molar-refractivity contribution in [3.63, 3.8) is 0 Å². The molecule has 26 heavy (non-hydrogen) atoms. The van der Waals surface area contributed by atoms with Crippen LogP contribution in [0.2, 0.25) is 5.02 Å². The van der Waals surface area contributed by atoms with E-state index in [0.29, 0.717) is 22.9 Å². The number of hydrogen-bond donors (Lipinski definition) is 1. The molecule has 0 aliphatic rings. The van der Waals surface area contributed by atoms with Gasteiger partial charge in [0.2, 0.25) is 0 Å². The summed E-state index contributed by atoms with van der Waals surface area (Å²) in [6.45, 7) is 2.74. The number of pyridine rings is 1. The molecule has 0 saturated carbocycles. The van der Waals surface area contributed by atoms with E-state index < -0.39 is 0 Å². The van der Waals surface area contributed by atoms with Gasteiger partial charge in [-0.3, -0.25) is 9.78 Å². The number of hydrogen-bond acceptors (Lipinski definition) is 3. The van der Waals surface area contributed by atoms with Gasteiger partial charge in [-0.1, -0.05) is 30.7 Å². The second-order valence-corrected chi connectivity index (χ2v) is 6.15. The lowest BCUT2D eigenvalue weighted by Crippen LogP contribution is -2.11.